The van der Waals surface area contributed by atoms with E-state index in [0.29, 0.717) is 5.92 Å². The number of esters is 1. The van der Waals surface area contributed by atoms with E-state index in [2.05, 4.69) is 6.92 Å². The Kier molecular flexibility index (Phi) is 10.3. The smallest absolute Gasteiger partial charge is 0.309 e. The zero-order chi connectivity index (χ0) is 20.2. The molecule has 2 aliphatic carbocycles. The summed E-state index contributed by atoms with van der Waals surface area (Å²) < 4.78 is 18.6. The Morgan fingerprint density at radius 2 is 1.79 bits per heavy atom. The first-order valence-electron chi connectivity index (χ1n) is 11.3. The van der Waals surface area contributed by atoms with Gasteiger partial charge in [0.2, 0.25) is 0 Å². The number of unbranched alkanes of at least 4 members (excludes halogenated alkanes) is 3. The van der Waals surface area contributed by atoms with Crippen LogP contribution in [0.4, 0.5) is 4.39 Å². The lowest BCUT2D eigenvalue weighted by atomic mass is 9.81. The lowest BCUT2D eigenvalue weighted by Gasteiger charge is -2.31. The molecule has 2 fully saturated rings. The minimum atomic E-state index is -0.774. The number of hydrogen-bond acceptors (Lipinski definition) is 3. The average Bonchev–Trinajstić information content (AvgIpc) is 2.72. The number of carbonyl (C=O) groups excluding carboxylic acids is 1. The van der Waals surface area contributed by atoms with Crippen molar-refractivity contribution in [2.45, 2.75) is 96.5 Å². The fourth-order valence-corrected chi connectivity index (χ4v) is 4.54. The maximum Gasteiger partial charge on any atom is 0.309 e. The third-order valence-corrected chi connectivity index (χ3v) is 6.38. The first-order valence-corrected chi connectivity index (χ1v) is 11.3. The summed E-state index contributed by atoms with van der Waals surface area (Å²) in [6.45, 7) is 2.25. The summed E-state index contributed by atoms with van der Waals surface area (Å²) in [5, 5.41) is 8.40. The second kappa shape index (κ2) is 12.8. The van der Waals surface area contributed by atoms with Gasteiger partial charge in [0.1, 0.15) is 12.2 Å². The van der Waals surface area contributed by atoms with Crippen LogP contribution in [0.3, 0.4) is 0 Å². The third-order valence-electron chi connectivity index (χ3n) is 6.38. The Labute approximate surface area is 170 Å². The molecule has 0 unspecified atom stereocenters. The van der Waals surface area contributed by atoms with Crippen LogP contribution in [0, 0.1) is 29.1 Å². The summed E-state index contributed by atoms with van der Waals surface area (Å²) in [5.41, 5.74) is 0. The van der Waals surface area contributed by atoms with Crippen molar-refractivity contribution in [3.63, 3.8) is 0 Å². The molecule has 28 heavy (non-hydrogen) atoms. The van der Waals surface area contributed by atoms with Crippen molar-refractivity contribution in [1.82, 2.24) is 0 Å². The van der Waals surface area contributed by atoms with Gasteiger partial charge in [0.15, 0.2) is 5.83 Å². The molecule has 0 amide bonds. The van der Waals surface area contributed by atoms with Gasteiger partial charge in [0.25, 0.3) is 0 Å². The van der Waals surface area contributed by atoms with E-state index in [1.807, 2.05) is 6.08 Å². The number of rotatable bonds is 9. The summed E-state index contributed by atoms with van der Waals surface area (Å²) in [5.74, 6) is 0.417. The molecule has 0 radical (unpaired) electrons. The molecule has 0 bridgehead atoms. The van der Waals surface area contributed by atoms with Crippen LogP contribution in [0.15, 0.2) is 24.1 Å². The predicted molar refractivity (Wildman–Crippen MR) is 110 cm³/mol. The normalized spacial score (nSPS) is 28.8. The van der Waals surface area contributed by atoms with E-state index in [-0.39, 0.29) is 18.0 Å². The van der Waals surface area contributed by atoms with Crippen LogP contribution in [0.5, 0.6) is 0 Å². The number of nitrogens with zero attached hydrogens (tertiary/aromatic N) is 1. The van der Waals surface area contributed by atoms with Gasteiger partial charge in [-0.3, -0.25) is 4.79 Å². The van der Waals surface area contributed by atoms with Crippen LogP contribution in [0.1, 0.15) is 90.4 Å². The summed E-state index contributed by atoms with van der Waals surface area (Å²) >= 11 is 0. The number of hydrogen-bond donors (Lipinski definition) is 0. The van der Waals surface area contributed by atoms with Crippen LogP contribution in [0.2, 0.25) is 0 Å². The van der Waals surface area contributed by atoms with Crippen LogP contribution in [0.25, 0.3) is 0 Å². The standard InChI is InChI=1S/C24H36FNO2/c1-2-3-4-5-7-19-12-16-23(17-13-19)28-24(27)21-14-10-20(11-15-21)8-6-9-22(25)18-26/h6,8-9,19-21,23H,2-5,7,10-17H2,1H3. The SMILES string of the molecule is CCCCCCC1CCC(OC(=O)C2CCC(C=CC=C(F)C#N)CC2)CC1. The molecule has 0 aliphatic heterocycles. The van der Waals surface area contributed by atoms with Gasteiger partial charge in [-0.2, -0.15) is 9.65 Å². The van der Waals surface area contributed by atoms with E-state index in [1.54, 1.807) is 6.08 Å². The number of carbonyl (C=O) groups is 1. The molecule has 0 atom stereocenters. The van der Waals surface area contributed by atoms with E-state index in [1.165, 1.54) is 57.1 Å². The van der Waals surface area contributed by atoms with Crippen LogP contribution < -0.4 is 0 Å². The fourth-order valence-electron chi connectivity index (χ4n) is 4.54. The molecule has 156 valence electrons. The van der Waals surface area contributed by atoms with Crippen LogP contribution >= 0.6 is 0 Å². The third kappa shape index (κ3) is 8.17. The molecule has 3 nitrogen and oxygen atoms in total. The zero-order valence-electron chi connectivity index (χ0n) is 17.4. The highest BCUT2D eigenvalue weighted by Crippen LogP contribution is 2.33. The van der Waals surface area contributed by atoms with Gasteiger partial charge in [0.05, 0.1) is 5.92 Å². The van der Waals surface area contributed by atoms with Gasteiger partial charge >= 0.3 is 5.97 Å². The average molecular weight is 390 g/mol. The Balaban J connectivity index is 1.62. The lowest BCUT2D eigenvalue weighted by molar-refractivity contribution is -0.157. The molecule has 0 aromatic carbocycles. The first-order chi connectivity index (χ1) is 13.6. The predicted octanol–water partition coefficient (Wildman–Crippen LogP) is 6.80. The van der Waals surface area contributed by atoms with Crippen molar-refractivity contribution in [2.24, 2.45) is 17.8 Å². The number of halogens is 1. The molecule has 0 saturated heterocycles. The van der Waals surface area contributed by atoms with Crippen molar-refractivity contribution >= 4 is 5.97 Å². The van der Waals surface area contributed by atoms with E-state index >= 15 is 0 Å². The molecule has 0 aromatic rings. The van der Waals surface area contributed by atoms with Gasteiger partial charge < -0.3 is 4.74 Å². The zero-order valence-corrected chi connectivity index (χ0v) is 17.4. The molecule has 0 heterocycles. The Morgan fingerprint density at radius 3 is 2.43 bits per heavy atom. The van der Waals surface area contributed by atoms with Gasteiger partial charge in [-0.1, -0.05) is 51.2 Å². The maximum atomic E-state index is 12.8. The highest BCUT2D eigenvalue weighted by molar-refractivity contribution is 5.72. The van der Waals surface area contributed by atoms with E-state index in [0.717, 1.165) is 44.4 Å². The summed E-state index contributed by atoms with van der Waals surface area (Å²) in [6, 6.07) is 1.46. The molecule has 2 aliphatic rings. The highest BCUT2D eigenvalue weighted by atomic mass is 19.1. The molecule has 0 N–H and O–H groups in total. The topological polar surface area (TPSA) is 50.1 Å². The second-order valence-electron chi connectivity index (χ2n) is 8.55. The Bertz CT molecular complexity index is 562. The Hall–Kier alpha value is -1.63. The molecule has 4 heteroatoms. The molecule has 0 aromatic heterocycles. The summed E-state index contributed by atoms with van der Waals surface area (Å²) in [4.78, 5) is 12.5. The largest absolute Gasteiger partial charge is 0.462 e. The quantitative estimate of drug-likeness (QED) is 0.189. The molecule has 0 spiro atoms. The second-order valence-corrected chi connectivity index (χ2v) is 8.55. The lowest BCUT2D eigenvalue weighted by Crippen LogP contribution is -2.30. The van der Waals surface area contributed by atoms with E-state index in [4.69, 9.17) is 10.00 Å². The first kappa shape index (κ1) is 22.7. The van der Waals surface area contributed by atoms with E-state index in [9.17, 15) is 9.18 Å². The van der Waals surface area contributed by atoms with Gasteiger partial charge in [-0.05, 0) is 69.3 Å². The highest BCUT2D eigenvalue weighted by Gasteiger charge is 2.30. The molecule has 2 rings (SSSR count). The van der Waals surface area contributed by atoms with Crippen LogP contribution in [-0.4, -0.2) is 12.1 Å². The minimum absolute atomic E-state index is 0.00996. The number of ether oxygens (including phenoxy) is 1. The number of allylic oxidation sites excluding steroid dienone is 4. The van der Waals surface area contributed by atoms with Gasteiger partial charge in [0, 0.05) is 0 Å². The fraction of sp³-hybridized carbons (Fsp3) is 0.750. The van der Waals surface area contributed by atoms with Crippen molar-refractivity contribution in [1.29, 1.82) is 5.26 Å². The number of nitriles is 1. The van der Waals surface area contributed by atoms with Crippen molar-refractivity contribution < 1.29 is 13.9 Å². The molecule has 2 saturated carbocycles. The summed E-state index contributed by atoms with van der Waals surface area (Å²) in [7, 11) is 0. The van der Waals surface area contributed by atoms with Crippen molar-refractivity contribution in [3.05, 3.63) is 24.1 Å². The monoisotopic (exact) mass is 389 g/mol. The van der Waals surface area contributed by atoms with E-state index < -0.39 is 5.83 Å². The molecular formula is C24H36FNO2. The van der Waals surface area contributed by atoms with Crippen molar-refractivity contribution in [3.8, 4) is 6.07 Å². The van der Waals surface area contributed by atoms with Crippen molar-refractivity contribution in [2.75, 3.05) is 0 Å². The van der Waals surface area contributed by atoms with Crippen LogP contribution in [-0.2, 0) is 9.53 Å². The summed E-state index contributed by atoms with van der Waals surface area (Å²) in [6.07, 6.45) is 19.5. The Morgan fingerprint density at radius 1 is 1.07 bits per heavy atom. The van der Waals surface area contributed by atoms with Gasteiger partial charge in [-0.15, -0.1) is 0 Å². The minimum Gasteiger partial charge on any atom is -0.462 e. The van der Waals surface area contributed by atoms with Gasteiger partial charge in [-0.25, -0.2) is 0 Å². The molecular weight excluding hydrogens is 353 g/mol. The maximum absolute atomic E-state index is 12.8.